The summed E-state index contributed by atoms with van der Waals surface area (Å²) in [6.07, 6.45) is 3.48. The molecule has 1 aromatic carbocycles. The van der Waals surface area contributed by atoms with E-state index in [4.69, 9.17) is 5.73 Å². The van der Waals surface area contributed by atoms with Gasteiger partial charge in [0.25, 0.3) is 0 Å². The fourth-order valence-corrected chi connectivity index (χ4v) is 3.46. The Hall–Kier alpha value is -1.57. The summed E-state index contributed by atoms with van der Waals surface area (Å²) in [6, 6.07) is 11.2. The van der Waals surface area contributed by atoms with Gasteiger partial charge in [-0.15, -0.1) is 0 Å². The lowest BCUT2D eigenvalue weighted by molar-refractivity contribution is 0.205. The Bertz CT molecular complexity index is 499. The van der Waals surface area contributed by atoms with Crippen molar-refractivity contribution in [3.63, 3.8) is 0 Å². The molecule has 106 valence electrons. The second kappa shape index (κ2) is 5.82. The molecular weight excluding hydrogens is 248 g/mol. The molecule has 0 saturated carbocycles. The lowest BCUT2D eigenvalue weighted by atomic mass is 10.0. The Kier molecular flexibility index (Phi) is 3.90. The third-order valence-electron chi connectivity index (χ3n) is 4.60. The molecule has 0 aromatic heterocycles. The minimum atomic E-state index is 0.368. The molecule has 1 aromatic rings. The number of rotatable bonds is 2. The third-order valence-corrected chi connectivity index (χ3v) is 4.60. The summed E-state index contributed by atoms with van der Waals surface area (Å²) < 4.78 is 0. The fourth-order valence-electron chi connectivity index (χ4n) is 3.46. The van der Waals surface area contributed by atoms with Gasteiger partial charge in [0, 0.05) is 38.3 Å². The van der Waals surface area contributed by atoms with Crippen molar-refractivity contribution in [3.05, 3.63) is 29.8 Å². The SMILES string of the molecule is N#Cc1ccccc1N1CCC(N2CC[C@@H](N)C2)CC1. The predicted molar refractivity (Wildman–Crippen MR) is 80.6 cm³/mol. The van der Waals surface area contributed by atoms with Gasteiger partial charge in [-0.25, -0.2) is 0 Å². The smallest absolute Gasteiger partial charge is 0.101 e. The summed E-state index contributed by atoms with van der Waals surface area (Å²) in [5, 5.41) is 9.20. The molecule has 4 heteroatoms. The predicted octanol–water partition coefficient (Wildman–Crippen LogP) is 1.56. The van der Waals surface area contributed by atoms with Crippen molar-refractivity contribution in [3.8, 4) is 6.07 Å². The first kappa shape index (κ1) is 13.4. The van der Waals surface area contributed by atoms with Gasteiger partial charge in [0.1, 0.15) is 6.07 Å². The minimum absolute atomic E-state index is 0.368. The van der Waals surface area contributed by atoms with Crippen molar-refractivity contribution in [1.82, 2.24) is 4.90 Å². The quantitative estimate of drug-likeness (QED) is 0.886. The first-order valence-corrected chi connectivity index (χ1v) is 7.51. The summed E-state index contributed by atoms with van der Waals surface area (Å²) in [5.41, 5.74) is 7.88. The summed E-state index contributed by atoms with van der Waals surface area (Å²) in [7, 11) is 0. The van der Waals surface area contributed by atoms with E-state index >= 15 is 0 Å². The number of para-hydroxylation sites is 1. The number of hydrogen-bond donors (Lipinski definition) is 1. The first-order valence-electron chi connectivity index (χ1n) is 7.51. The molecule has 4 nitrogen and oxygen atoms in total. The maximum atomic E-state index is 9.20. The van der Waals surface area contributed by atoms with Gasteiger partial charge in [0.2, 0.25) is 0 Å². The minimum Gasteiger partial charge on any atom is -0.370 e. The molecule has 2 N–H and O–H groups in total. The van der Waals surface area contributed by atoms with Crippen LogP contribution >= 0.6 is 0 Å². The van der Waals surface area contributed by atoms with Crippen LogP contribution < -0.4 is 10.6 Å². The van der Waals surface area contributed by atoms with Crippen LogP contribution in [0.3, 0.4) is 0 Å². The Morgan fingerprint density at radius 3 is 2.50 bits per heavy atom. The number of hydrogen-bond acceptors (Lipinski definition) is 4. The zero-order chi connectivity index (χ0) is 13.9. The van der Waals surface area contributed by atoms with Gasteiger partial charge in [-0.3, -0.25) is 4.90 Å². The molecule has 0 spiro atoms. The lowest BCUT2D eigenvalue weighted by Crippen LogP contribution is -2.45. The maximum Gasteiger partial charge on any atom is 0.101 e. The number of nitrogens with zero attached hydrogens (tertiary/aromatic N) is 3. The standard InChI is InChI=1S/C16H22N4/c17-11-13-3-1-2-4-16(13)19-9-6-15(7-10-19)20-8-5-14(18)12-20/h1-4,14-15H,5-10,12,18H2/t14-/m1/s1. The van der Waals surface area contributed by atoms with Gasteiger partial charge >= 0.3 is 0 Å². The zero-order valence-corrected chi connectivity index (χ0v) is 11.8. The zero-order valence-electron chi connectivity index (χ0n) is 11.8. The second-order valence-corrected chi connectivity index (χ2v) is 5.89. The van der Waals surface area contributed by atoms with Crippen molar-refractivity contribution in [1.29, 1.82) is 5.26 Å². The highest BCUT2D eigenvalue weighted by Gasteiger charge is 2.29. The maximum absolute atomic E-state index is 9.20. The largest absolute Gasteiger partial charge is 0.370 e. The van der Waals surface area contributed by atoms with E-state index < -0.39 is 0 Å². The lowest BCUT2D eigenvalue weighted by Gasteiger charge is -2.38. The van der Waals surface area contributed by atoms with Crippen LogP contribution in [0.15, 0.2) is 24.3 Å². The molecule has 2 fully saturated rings. The van der Waals surface area contributed by atoms with E-state index in [1.807, 2.05) is 18.2 Å². The normalized spacial score (nSPS) is 24.8. The number of likely N-dealkylation sites (tertiary alicyclic amines) is 1. The number of nitrogens with two attached hydrogens (primary N) is 1. The fraction of sp³-hybridized carbons (Fsp3) is 0.562. The van der Waals surface area contributed by atoms with Gasteiger partial charge in [-0.05, 0) is 31.4 Å². The van der Waals surface area contributed by atoms with Crippen molar-refractivity contribution in [2.24, 2.45) is 5.73 Å². The molecular formula is C16H22N4. The van der Waals surface area contributed by atoms with E-state index in [1.54, 1.807) is 0 Å². The van der Waals surface area contributed by atoms with E-state index in [2.05, 4.69) is 21.9 Å². The molecule has 2 saturated heterocycles. The van der Waals surface area contributed by atoms with Crippen molar-refractivity contribution >= 4 is 5.69 Å². The summed E-state index contributed by atoms with van der Waals surface area (Å²) >= 11 is 0. The summed E-state index contributed by atoms with van der Waals surface area (Å²) in [5.74, 6) is 0. The van der Waals surface area contributed by atoms with Crippen LogP contribution in [0.1, 0.15) is 24.8 Å². The molecule has 0 amide bonds. The van der Waals surface area contributed by atoms with E-state index in [9.17, 15) is 5.26 Å². The molecule has 2 aliphatic rings. The van der Waals surface area contributed by atoms with Crippen LogP contribution in [0.5, 0.6) is 0 Å². The van der Waals surface area contributed by atoms with Gasteiger partial charge < -0.3 is 10.6 Å². The Morgan fingerprint density at radius 1 is 1.10 bits per heavy atom. The van der Waals surface area contributed by atoms with Crippen molar-refractivity contribution in [2.75, 3.05) is 31.1 Å². The molecule has 2 aliphatic heterocycles. The van der Waals surface area contributed by atoms with Gasteiger partial charge in [-0.1, -0.05) is 12.1 Å². The van der Waals surface area contributed by atoms with E-state index in [-0.39, 0.29) is 0 Å². The number of benzene rings is 1. The molecule has 1 atom stereocenters. The van der Waals surface area contributed by atoms with Gasteiger partial charge in [-0.2, -0.15) is 5.26 Å². The second-order valence-electron chi connectivity index (χ2n) is 5.89. The number of nitriles is 1. The topological polar surface area (TPSA) is 56.3 Å². The summed E-state index contributed by atoms with van der Waals surface area (Å²) in [6.45, 7) is 4.28. The molecule has 0 unspecified atom stereocenters. The van der Waals surface area contributed by atoms with E-state index in [1.165, 1.54) is 12.8 Å². The van der Waals surface area contributed by atoms with Crippen LogP contribution in [0.4, 0.5) is 5.69 Å². The Balaban J connectivity index is 1.63. The monoisotopic (exact) mass is 270 g/mol. The highest BCUT2D eigenvalue weighted by Crippen LogP contribution is 2.26. The highest BCUT2D eigenvalue weighted by molar-refractivity contribution is 5.59. The average molecular weight is 270 g/mol. The van der Waals surface area contributed by atoms with Crippen LogP contribution in [-0.4, -0.2) is 43.2 Å². The first-order chi connectivity index (χ1) is 9.78. The average Bonchev–Trinajstić information content (AvgIpc) is 2.94. The summed E-state index contributed by atoms with van der Waals surface area (Å²) in [4.78, 5) is 4.91. The van der Waals surface area contributed by atoms with E-state index in [0.717, 1.165) is 43.9 Å². The van der Waals surface area contributed by atoms with Crippen LogP contribution in [0.25, 0.3) is 0 Å². The van der Waals surface area contributed by atoms with Crippen molar-refractivity contribution in [2.45, 2.75) is 31.3 Å². The molecule has 0 aliphatic carbocycles. The van der Waals surface area contributed by atoms with Gasteiger partial charge in [0.15, 0.2) is 0 Å². The molecule has 3 rings (SSSR count). The molecule has 0 radical (unpaired) electrons. The molecule has 20 heavy (non-hydrogen) atoms. The third kappa shape index (κ3) is 2.65. The van der Waals surface area contributed by atoms with Crippen LogP contribution in [0.2, 0.25) is 0 Å². The van der Waals surface area contributed by atoms with Crippen LogP contribution in [0, 0.1) is 11.3 Å². The Morgan fingerprint density at radius 2 is 1.85 bits per heavy atom. The van der Waals surface area contributed by atoms with Crippen LogP contribution in [-0.2, 0) is 0 Å². The number of piperidine rings is 1. The molecule has 0 bridgehead atoms. The van der Waals surface area contributed by atoms with Crippen molar-refractivity contribution < 1.29 is 0 Å². The number of anilines is 1. The van der Waals surface area contributed by atoms with E-state index in [0.29, 0.717) is 12.1 Å². The molecule has 2 heterocycles. The Labute approximate surface area is 120 Å². The van der Waals surface area contributed by atoms with Gasteiger partial charge in [0.05, 0.1) is 11.3 Å². The highest BCUT2D eigenvalue weighted by atomic mass is 15.2.